The van der Waals surface area contributed by atoms with E-state index in [2.05, 4.69) is 64.1 Å². The lowest BCUT2D eigenvalue weighted by molar-refractivity contribution is 0.185. The Bertz CT molecular complexity index is 413. The van der Waals surface area contributed by atoms with Gasteiger partial charge in [-0.05, 0) is 47.9 Å². The van der Waals surface area contributed by atoms with Crippen LogP contribution in [-0.2, 0) is 0 Å². The summed E-state index contributed by atoms with van der Waals surface area (Å²) in [6, 6.07) is 6.59. The molecule has 19 heavy (non-hydrogen) atoms. The second kappa shape index (κ2) is 6.40. The maximum Gasteiger partial charge on any atom is 0.123 e. The highest BCUT2D eigenvalue weighted by Crippen LogP contribution is 2.26. The molecule has 0 aliphatic carbocycles. The third-order valence-corrected chi connectivity index (χ3v) is 3.90. The zero-order valence-electron chi connectivity index (χ0n) is 13.4. The minimum atomic E-state index is 0.130. The lowest BCUT2D eigenvalue weighted by Gasteiger charge is -2.34. The summed E-state index contributed by atoms with van der Waals surface area (Å²) in [6.45, 7) is 9.70. The molecule has 1 aromatic rings. The number of nitrogens with one attached hydrogen (secondary N) is 1. The summed E-state index contributed by atoms with van der Waals surface area (Å²) in [6.07, 6.45) is 0. The fraction of sp³-hybridized carbons (Fsp3) is 0.625. The molecule has 1 unspecified atom stereocenters. The third kappa shape index (κ3) is 4.22. The van der Waals surface area contributed by atoms with Crippen LogP contribution in [0.25, 0.3) is 0 Å². The maximum absolute atomic E-state index is 5.45. The molecule has 1 aromatic carbocycles. The van der Waals surface area contributed by atoms with Crippen molar-refractivity contribution in [1.82, 2.24) is 10.2 Å². The largest absolute Gasteiger partial charge is 0.496 e. The lowest BCUT2D eigenvalue weighted by atomic mass is 10.0. The van der Waals surface area contributed by atoms with E-state index in [4.69, 9.17) is 4.74 Å². The number of hydrogen-bond donors (Lipinski definition) is 1. The van der Waals surface area contributed by atoms with Gasteiger partial charge in [-0.15, -0.1) is 0 Å². The van der Waals surface area contributed by atoms with Gasteiger partial charge in [-0.3, -0.25) is 0 Å². The first-order valence-corrected chi connectivity index (χ1v) is 6.83. The Morgan fingerprint density at radius 1 is 1.32 bits per heavy atom. The normalized spacial score (nSPS) is 13.7. The van der Waals surface area contributed by atoms with E-state index in [0.29, 0.717) is 0 Å². The Morgan fingerprint density at radius 3 is 2.47 bits per heavy atom. The minimum absolute atomic E-state index is 0.130. The average Bonchev–Trinajstić information content (AvgIpc) is 2.35. The first-order chi connectivity index (χ1) is 8.77. The summed E-state index contributed by atoms with van der Waals surface area (Å²) in [5.41, 5.74) is 2.61. The summed E-state index contributed by atoms with van der Waals surface area (Å²) < 4.78 is 5.45. The number of nitrogens with zero attached hydrogens (tertiary/aromatic N) is 1. The SMILES string of the molecule is COc1ccc(C)cc1C(C)NCC(C)(C)N(C)C. The summed E-state index contributed by atoms with van der Waals surface area (Å²) in [7, 11) is 5.95. The lowest BCUT2D eigenvalue weighted by Crippen LogP contribution is -2.47. The monoisotopic (exact) mass is 264 g/mol. The molecule has 108 valence electrons. The van der Waals surface area contributed by atoms with E-state index in [1.165, 1.54) is 11.1 Å². The molecule has 0 amide bonds. The van der Waals surface area contributed by atoms with Crippen LogP contribution < -0.4 is 10.1 Å². The second-order valence-corrected chi connectivity index (χ2v) is 6.05. The minimum Gasteiger partial charge on any atom is -0.496 e. The highest BCUT2D eigenvalue weighted by Gasteiger charge is 2.21. The number of rotatable bonds is 6. The number of ether oxygens (including phenoxy) is 1. The molecular weight excluding hydrogens is 236 g/mol. The van der Waals surface area contributed by atoms with Crippen molar-refractivity contribution in [2.24, 2.45) is 0 Å². The predicted molar refractivity (Wildman–Crippen MR) is 81.9 cm³/mol. The van der Waals surface area contributed by atoms with Crippen molar-refractivity contribution >= 4 is 0 Å². The van der Waals surface area contributed by atoms with Crippen molar-refractivity contribution < 1.29 is 4.74 Å². The zero-order valence-corrected chi connectivity index (χ0v) is 13.4. The van der Waals surface area contributed by atoms with E-state index in [-0.39, 0.29) is 11.6 Å². The highest BCUT2D eigenvalue weighted by molar-refractivity contribution is 5.38. The molecule has 0 saturated heterocycles. The molecule has 0 aromatic heterocycles. The van der Waals surface area contributed by atoms with Crippen molar-refractivity contribution in [1.29, 1.82) is 0 Å². The van der Waals surface area contributed by atoms with Crippen LogP contribution in [-0.4, -0.2) is 38.2 Å². The van der Waals surface area contributed by atoms with Crippen LogP contribution in [0.1, 0.15) is 37.9 Å². The van der Waals surface area contributed by atoms with Crippen molar-refractivity contribution in [3.05, 3.63) is 29.3 Å². The zero-order chi connectivity index (χ0) is 14.6. The third-order valence-electron chi connectivity index (χ3n) is 3.90. The molecule has 0 bridgehead atoms. The summed E-state index contributed by atoms with van der Waals surface area (Å²) in [5, 5.41) is 3.60. The quantitative estimate of drug-likeness (QED) is 0.855. The average molecular weight is 264 g/mol. The molecule has 0 aliphatic rings. The van der Waals surface area contributed by atoms with E-state index in [1.807, 2.05) is 6.07 Å². The van der Waals surface area contributed by atoms with E-state index >= 15 is 0 Å². The van der Waals surface area contributed by atoms with E-state index in [0.717, 1.165) is 12.3 Å². The van der Waals surface area contributed by atoms with Crippen LogP contribution in [0.5, 0.6) is 5.75 Å². The van der Waals surface area contributed by atoms with Crippen molar-refractivity contribution in [2.45, 2.75) is 39.3 Å². The van der Waals surface area contributed by atoms with Gasteiger partial charge in [0.2, 0.25) is 0 Å². The Labute approximate surface area is 118 Å². The van der Waals surface area contributed by atoms with Crippen LogP contribution in [0.3, 0.4) is 0 Å². The van der Waals surface area contributed by atoms with Crippen LogP contribution in [0.15, 0.2) is 18.2 Å². The first kappa shape index (κ1) is 16.0. The van der Waals surface area contributed by atoms with E-state index in [9.17, 15) is 0 Å². The molecule has 0 aliphatic heterocycles. The molecule has 0 spiro atoms. The fourth-order valence-electron chi connectivity index (χ4n) is 1.86. The number of methoxy groups -OCH3 is 1. The van der Waals surface area contributed by atoms with Crippen LogP contribution in [0, 0.1) is 6.92 Å². The van der Waals surface area contributed by atoms with Gasteiger partial charge < -0.3 is 15.0 Å². The topological polar surface area (TPSA) is 24.5 Å². The van der Waals surface area contributed by atoms with Crippen molar-refractivity contribution in [3.8, 4) is 5.75 Å². The first-order valence-electron chi connectivity index (χ1n) is 6.83. The fourth-order valence-corrected chi connectivity index (χ4v) is 1.86. The van der Waals surface area contributed by atoms with Gasteiger partial charge in [-0.1, -0.05) is 17.7 Å². The molecule has 0 fully saturated rings. The second-order valence-electron chi connectivity index (χ2n) is 6.05. The van der Waals surface area contributed by atoms with Crippen LogP contribution >= 0.6 is 0 Å². The van der Waals surface area contributed by atoms with Gasteiger partial charge in [0.25, 0.3) is 0 Å². The molecule has 0 radical (unpaired) electrons. The summed E-state index contributed by atoms with van der Waals surface area (Å²) >= 11 is 0. The Kier molecular flexibility index (Phi) is 5.39. The number of benzene rings is 1. The van der Waals surface area contributed by atoms with Gasteiger partial charge in [-0.2, -0.15) is 0 Å². The Morgan fingerprint density at radius 2 is 1.95 bits per heavy atom. The molecule has 0 heterocycles. The summed E-state index contributed by atoms with van der Waals surface area (Å²) in [5.74, 6) is 0.952. The number of aryl methyl sites for hydroxylation is 1. The Hall–Kier alpha value is -1.06. The molecule has 3 heteroatoms. The van der Waals surface area contributed by atoms with Gasteiger partial charge in [-0.25, -0.2) is 0 Å². The Balaban J connectivity index is 2.78. The molecular formula is C16H28N2O. The van der Waals surface area contributed by atoms with E-state index in [1.54, 1.807) is 7.11 Å². The number of likely N-dealkylation sites (N-methyl/N-ethyl adjacent to an activating group) is 1. The molecule has 3 nitrogen and oxygen atoms in total. The molecule has 0 saturated carbocycles. The van der Waals surface area contributed by atoms with Gasteiger partial charge in [0, 0.05) is 23.7 Å². The van der Waals surface area contributed by atoms with Crippen molar-refractivity contribution in [2.75, 3.05) is 27.7 Å². The highest BCUT2D eigenvalue weighted by atomic mass is 16.5. The maximum atomic E-state index is 5.45. The van der Waals surface area contributed by atoms with Gasteiger partial charge in [0.05, 0.1) is 7.11 Å². The molecule has 1 atom stereocenters. The van der Waals surface area contributed by atoms with Gasteiger partial charge >= 0.3 is 0 Å². The molecule has 1 rings (SSSR count). The number of hydrogen-bond acceptors (Lipinski definition) is 3. The smallest absolute Gasteiger partial charge is 0.123 e. The molecule has 1 N–H and O–H groups in total. The van der Waals surface area contributed by atoms with Gasteiger partial charge in [0.15, 0.2) is 0 Å². The standard InChI is InChI=1S/C16H28N2O/c1-12-8-9-15(19-7)14(10-12)13(2)17-11-16(3,4)18(5)6/h8-10,13,17H,11H2,1-7H3. The van der Waals surface area contributed by atoms with Gasteiger partial charge in [0.1, 0.15) is 5.75 Å². The summed E-state index contributed by atoms with van der Waals surface area (Å²) in [4.78, 5) is 2.24. The van der Waals surface area contributed by atoms with E-state index < -0.39 is 0 Å². The van der Waals surface area contributed by atoms with Crippen LogP contribution in [0.4, 0.5) is 0 Å². The predicted octanol–water partition coefficient (Wildman–Crippen LogP) is 2.99. The van der Waals surface area contributed by atoms with Crippen molar-refractivity contribution in [3.63, 3.8) is 0 Å². The van der Waals surface area contributed by atoms with Crippen LogP contribution in [0.2, 0.25) is 0 Å².